The minimum absolute atomic E-state index is 0.0919. The highest BCUT2D eigenvalue weighted by Gasteiger charge is 2.48. The SMILES string of the molecule is O=C1C[C@H](c2ccncc2)C2(CCN(Cc3ccoc3)CC2)N1. The fraction of sp³-hybridized carbons (Fsp3) is 0.444. The molecular weight excluding hydrogens is 290 g/mol. The summed E-state index contributed by atoms with van der Waals surface area (Å²) in [6, 6.07) is 6.11. The number of carbonyl (C=O) groups is 1. The Morgan fingerprint density at radius 2 is 2.04 bits per heavy atom. The lowest BCUT2D eigenvalue weighted by Gasteiger charge is -2.43. The van der Waals surface area contributed by atoms with Crippen LogP contribution in [-0.2, 0) is 11.3 Å². The predicted octanol–water partition coefficient (Wildman–Crippen LogP) is 2.31. The summed E-state index contributed by atoms with van der Waals surface area (Å²) in [5.74, 6) is 0.434. The van der Waals surface area contributed by atoms with E-state index in [0.29, 0.717) is 6.42 Å². The largest absolute Gasteiger partial charge is 0.472 e. The number of nitrogens with one attached hydrogen (secondary N) is 1. The first-order valence-electron chi connectivity index (χ1n) is 8.20. The first-order chi connectivity index (χ1) is 11.3. The summed E-state index contributed by atoms with van der Waals surface area (Å²) in [7, 11) is 0. The molecule has 4 rings (SSSR count). The monoisotopic (exact) mass is 311 g/mol. The zero-order valence-corrected chi connectivity index (χ0v) is 13.1. The highest BCUT2D eigenvalue weighted by Crippen LogP contribution is 2.43. The molecule has 0 aromatic carbocycles. The number of carbonyl (C=O) groups excluding carboxylic acids is 1. The van der Waals surface area contributed by atoms with E-state index in [1.54, 1.807) is 6.26 Å². The van der Waals surface area contributed by atoms with Crippen molar-refractivity contribution < 1.29 is 9.21 Å². The van der Waals surface area contributed by atoms with E-state index in [1.165, 1.54) is 11.1 Å². The van der Waals surface area contributed by atoms with E-state index in [4.69, 9.17) is 4.42 Å². The molecule has 1 amide bonds. The number of amides is 1. The van der Waals surface area contributed by atoms with Crippen LogP contribution >= 0.6 is 0 Å². The maximum absolute atomic E-state index is 12.1. The number of furan rings is 1. The van der Waals surface area contributed by atoms with Gasteiger partial charge in [-0.3, -0.25) is 14.7 Å². The zero-order valence-electron chi connectivity index (χ0n) is 13.1. The third-order valence-electron chi connectivity index (χ3n) is 5.29. The Labute approximate surface area is 135 Å². The summed E-state index contributed by atoms with van der Waals surface area (Å²) in [6.45, 7) is 2.90. The van der Waals surface area contributed by atoms with Gasteiger partial charge in [-0.1, -0.05) is 0 Å². The first-order valence-corrected chi connectivity index (χ1v) is 8.20. The van der Waals surface area contributed by atoms with Gasteiger partial charge in [0.2, 0.25) is 5.91 Å². The van der Waals surface area contributed by atoms with Crippen LogP contribution in [0.15, 0.2) is 47.5 Å². The Kier molecular flexibility index (Phi) is 3.65. The molecule has 2 aromatic heterocycles. The van der Waals surface area contributed by atoms with Gasteiger partial charge >= 0.3 is 0 Å². The average Bonchev–Trinajstić information content (AvgIpc) is 3.19. The van der Waals surface area contributed by atoms with Crippen LogP contribution in [0.5, 0.6) is 0 Å². The molecule has 4 heterocycles. The van der Waals surface area contributed by atoms with Gasteiger partial charge in [-0.15, -0.1) is 0 Å². The van der Waals surface area contributed by atoms with E-state index >= 15 is 0 Å². The molecule has 120 valence electrons. The molecule has 2 aliphatic rings. The molecule has 1 spiro atoms. The summed E-state index contributed by atoms with van der Waals surface area (Å²) < 4.78 is 5.15. The Morgan fingerprint density at radius 3 is 2.74 bits per heavy atom. The lowest BCUT2D eigenvalue weighted by atomic mass is 9.74. The zero-order chi connectivity index (χ0) is 15.7. The maximum atomic E-state index is 12.1. The third-order valence-corrected chi connectivity index (χ3v) is 5.29. The van der Waals surface area contributed by atoms with Gasteiger partial charge < -0.3 is 9.73 Å². The molecule has 0 saturated carbocycles. The fourth-order valence-electron chi connectivity index (χ4n) is 4.05. The molecule has 2 fully saturated rings. The number of likely N-dealkylation sites (tertiary alicyclic amines) is 1. The number of aromatic nitrogens is 1. The van der Waals surface area contributed by atoms with E-state index in [1.807, 2.05) is 36.9 Å². The van der Waals surface area contributed by atoms with Crippen molar-refractivity contribution in [2.45, 2.75) is 37.3 Å². The number of piperidine rings is 1. The normalized spacial score (nSPS) is 24.0. The van der Waals surface area contributed by atoms with Gasteiger partial charge in [0.25, 0.3) is 0 Å². The predicted molar refractivity (Wildman–Crippen MR) is 85.7 cm³/mol. The van der Waals surface area contributed by atoms with Crippen LogP contribution in [0.2, 0.25) is 0 Å². The quantitative estimate of drug-likeness (QED) is 0.945. The smallest absolute Gasteiger partial charge is 0.221 e. The average molecular weight is 311 g/mol. The van der Waals surface area contributed by atoms with E-state index in [-0.39, 0.29) is 17.4 Å². The molecule has 2 saturated heterocycles. The van der Waals surface area contributed by atoms with E-state index in [0.717, 1.165) is 32.5 Å². The Morgan fingerprint density at radius 1 is 1.26 bits per heavy atom. The maximum Gasteiger partial charge on any atom is 0.221 e. The minimum atomic E-state index is -0.0919. The second-order valence-corrected chi connectivity index (χ2v) is 6.65. The molecule has 0 aliphatic carbocycles. The Bertz CT molecular complexity index is 661. The molecular formula is C18H21N3O2. The van der Waals surface area contributed by atoms with Crippen molar-refractivity contribution in [3.8, 4) is 0 Å². The second kappa shape index (κ2) is 5.81. The number of rotatable bonds is 3. The highest BCUT2D eigenvalue weighted by molar-refractivity contribution is 5.81. The molecule has 0 radical (unpaired) electrons. The summed E-state index contributed by atoms with van der Waals surface area (Å²) >= 11 is 0. The van der Waals surface area contributed by atoms with Crippen LogP contribution in [0.3, 0.4) is 0 Å². The minimum Gasteiger partial charge on any atom is -0.472 e. The van der Waals surface area contributed by atoms with Crippen molar-refractivity contribution in [3.05, 3.63) is 54.2 Å². The first kappa shape index (κ1) is 14.5. The standard InChI is InChI=1S/C18H21N3O2/c22-17-11-16(15-1-6-19-7-2-15)18(20-17)4-8-21(9-5-18)12-14-3-10-23-13-14/h1-3,6-7,10,13,16H,4-5,8-9,11-12H2,(H,20,22)/t16-/m1/s1. The van der Waals surface area contributed by atoms with Crippen LogP contribution in [0, 0.1) is 0 Å². The van der Waals surface area contributed by atoms with Gasteiger partial charge in [-0.25, -0.2) is 0 Å². The van der Waals surface area contributed by atoms with Crippen molar-refractivity contribution in [1.82, 2.24) is 15.2 Å². The molecule has 2 aromatic rings. The number of hydrogen-bond donors (Lipinski definition) is 1. The van der Waals surface area contributed by atoms with Crippen LogP contribution < -0.4 is 5.32 Å². The van der Waals surface area contributed by atoms with E-state index < -0.39 is 0 Å². The van der Waals surface area contributed by atoms with Gasteiger partial charge in [-0.2, -0.15) is 0 Å². The van der Waals surface area contributed by atoms with Gasteiger partial charge in [-0.05, 0) is 36.6 Å². The lowest BCUT2D eigenvalue weighted by molar-refractivity contribution is -0.120. The molecule has 23 heavy (non-hydrogen) atoms. The highest BCUT2D eigenvalue weighted by atomic mass is 16.3. The van der Waals surface area contributed by atoms with Gasteiger partial charge in [0, 0.05) is 55.5 Å². The molecule has 2 aliphatic heterocycles. The van der Waals surface area contributed by atoms with E-state index in [2.05, 4.69) is 15.2 Å². The Balaban J connectivity index is 1.49. The molecule has 1 N–H and O–H groups in total. The Hall–Kier alpha value is -2.14. The van der Waals surface area contributed by atoms with Crippen LogP contribution in [-0.4, -0.2) is 34.4 Å². The number of nitrogens with zero attached hydrogens (tertiary/aromatic N) is 2. The van der Waals surface area contributed by atoms with Crippen LogP contribution in [0.4, 0.5) is 0 Å². The van der Waals surface area contributed by atoms with Gasteiger partial charge in [0.1, 0.15) is 0 Å². The van der Waals surface area contributed by atoms with Gasteiger partial charge in [0.15, 0.2) is 0 Å². The number of hydrogen-bond acceptors (Lipinski definition) is 4. The van der Waals surface area contributed by atoms with E-state index in [9.17, 15) is 4.79 Å². The third kappa shape index (κ3) is 2.77. The number of pyridine rings is 1. The van der Waals surface area contributed by atoms with Crippen LogP contribution in [0.25, 0.3) is 0 Å². The fourth-order valence-corrected chi connectivity index (χ4v) is 4.05. The summed E-state index contributed by atoms with van der Waals surface area (Å²) in [5.41, 5.74) is 2.34. The molecule has 5 nitrogen and oxygen atoms in total. The molecule has 0 bridgehead atoms. The van der Waals surface area contributed by atoms with Crippen molar-refractivity contribution >= 4 is 5.91 Å². The summed E-state index contributed by atoms with van der Waals surface area (Å²) in [5, 5.41) is 3.29. The van der Waals surface area contributed by atoms with Crippen molar-refractivity contribution in [1.29, 1.82) is 0 Å². The lowest BCUT2D eigenvalue weighted by Crippen LogP contribution is -2.53. The van der Waals surface area contributed by atoms with Crippen molar-refractivity contribution in [2.24, 2.45) is 0 Å². The molecule has 1 atom stereocenters. The van der Waals surface area contributed by atoms with Gasteiger partial charge in [0.05, 0.1) is 12.5 Å². The topological polar surface area (TPSA) is 58.4 Å². The summed E-state index contributed by atoms with van der Waals surface area (Å²) in [6.07, 6.45) is 9.73. The van der Waals surface area contributed by atoms with Crippen molar-refractivity contribution in [3.63, 3.8) is 0 Å². The second-order valence-electron chi connectivity index (χ2n) is 6.65. The van der Waals surface area contributed by atoms with Crippen molar-refractivity contribution in [2.75, 3.05) is 13.1 Å². The molecule has 5 heteroatoms. The summed E-state index contributed by atoms with van der Waals surface area (Å²) in [4.78, 5) is 18.6. The molecule has 0 unspecified atom stereocenters. The van der Waals surface area contributed by atoms with Crippen LogP contribution in [0.1, 0.15) is 36.3 Å².